The lowest BCUT2D eigenvalue weighted by Crippen LogP contribution is -2.21. The molecule has 0 radical (unpaired) electrons. The molecule has 14 heavy (non-hydrogen) atoms. The van der Waals surface area contributed by atoms with Crippen molar-refractivity contribution in [1.82, 2.24) is 9.78 Å². The molecule has 1 rings (SSSR count). The van der Waals surface area contributed by atoms with Gasteiger partial charge in [-0.2, -0.15) is 5.10 Å². The third kappa shape index (κ3) is 2.04. The normalized spacial score (nSPS) is 12.5. The summed E-state index contributed by atoms with van der Waals surface area (Å²) >= 11 is 0. The summed E-state index contributed by atoms with van der Waals surface area (Å²) in [6, 6.07) is 0. The maximum Gasteiger partial charge on any atom is 0.228 e. The third-order valence-corrected chi connectivity index (χ3v) is 2.27. The summed E-state index contributed by atoms with van der Waals surface area (Å²) in [5, 5.41) is 6.68. The molecule has 0 aliphatic carbocycles. The quantitative estimate of drug-likeness (QED) is 0.757. The van der Waals surface area contributed by atoms with Crippen LogP contribution in [0.25, 0.3) is 0 Å². The largest absolute Gasteiger partial charge is 0.394 e. The monoisotopic (exact) mass is 196 g/mol. The Morgan fingerprint density at radius 3 is 2.86 bits per heavy atom. The molecular formula is C9H16N4O. The zero-order chi connectivity index (χ0) is 10.7. The van der Waals surface area contributed by atoms with E-state index in [2.05, 4.69) is 10.4 Å². The van der Waals surface area contributed by atoms with Crippen LogP contribution in [-0.4, -0.2) is 15.7 Å². The zero-order valence-electron chi connectivity index (χ0n) is 8.74. The Balaban J connectivity index is 2.74. The summed E-state index contributed by atoms with van der Waals surface area (Å²) in [7, 11) is 1.74. The number of aromatic nitrogens is 2. The van der Waals surface area contributed by atoms with Crippen molar-refractivity contribution < 1.29 is 4.79 Å². The maximum absolute atomic E-state index is 11.5. The van der Waals surface area contributed by atoms with Gasteiger partial charge in [0.1, 0.15) is 0 Å². The fourth-order valence-corrected chi connectivity index (χ4v) is 1.03. The number of aryl methyl sites for hydroxylation is 1. The Hall–Kier alpha value is -1.52. The second kappa shape index (κ2) is 4.13. The van der Waals surface area contributed by atoms with Gasteiger partial charge in [0.25, 0.3) is 0 Å². The summed E-state index contributed by atoms with van der Waals surface area (Å²) in [5.41, 5.74) is 6.12. The van der Waals surface area contributed by atoms with Crippen LogP contribution < -0.4 is 11.1 Å². The molecule has 78 valence electrons. The van der Waals surface area contributed by atoms with Crippen LogP contribution in [0.2, 0.25) is 0 Å². The molecule has 0 aliphatic heterocycles. The van der Waals surface area contributed by atoms with Crippen LogP contribution in [0.3, 0.4) is 0 Å². The number of amides is 1. The van der Waals surface area contributed by atoms with Gasteiger partial charge in [-0.1, -0.05) is 13.8 Å². The number of nitrogen functional groups attached to an aromatic ring is 1. The van der Waals surface area contributed by atoms with Gasteiger partial charge in [-0.15, -0.1) is 0 Å². The van der Waals surface area contributed by atoms with Crippen molar-refractivity contribution >= 4 is 17.4 Å². The van der Waals surface area contributed by atoms with Gasteiger partial charge in [-0.25, -0.2) is 0 Å². The van der Waals surface area contributed by atoms with Crippen molar-refractivity contribution in [2.45, 2.75) is 20.3 Å². The number of nitrogens with two attached hydrogens (primary N) is 1. The first kappa shape index (κ1) is 10.6. The molecule has 0 aromatic carbocycles. The highest BCUT2D eigenvalue weighted by molar-refractivity contribution is 5.93. The van der Waals surface area contributed by atoms with Crippen LogP contribution in [0.15, 0.2) is 6.20 Å². The molecule has 0 fully saturated rings. The smallest absolute Gasteiger partial charge is 0.228 e. The zero-order valence-corrected chi connectivity index (χ0v) is 8.74. The SMILES string of the molecule is CCC(C)C(=O)Nc1c(N)cnn1C. The van der Waals surface area contributed by atoms with E-state index in [1.165, 1.54) is 6.20 Å². The highest BCUT2D eigenvalue weighted by Gasteiger charge is 2.14. The molecule has 0 saturated heterocycles. The molecule has 0 bridgehead atoms. The van der Waals surface area contributed by atoms with E-state index in [0.717, 1.165) is 6.42 Å². The first-order valence-electron chi connectivity index (χ1n) is 4.64. The van der Waals surface area contributed by atoms with Gasteiger partial charge in [-0.3, -0.25) is 9.48 Å². The van der Waals surface area contributed by atoms with Crippen LogP contribution in [0.4, 0.5) is 11.5 Å². The predicted octanol–water partition coefficient (Wildman–Crippen LogP) is 0.987. The lowest BCUT2D eigenvalue weighted by molar-refractivity contribution is -0.119. The molecule has 1 aromatic rings. The highest BCUT2D eigenvalue weighted by Crippen LogP contribution is 2.17. The van der Waals surface area contributed by atoms with Crippen LogP contribution in [0.5, 0.6) is 0 Å². The number of carbonyl (C=O) groups is 1. The van der Waals surface area contributed by atoms with Gasteiger partial charge in [0.15, 0.2) is 5.82 Å². The Labute approximate surface area is 83.3 Å². The molecular weight excluding hydrogens is 180 g/mol. The summed E-state index contributed by atoms with van der Waals surface area (Å²) in [6.07, 6.45) is 2.33. The van der Waals surface area contributed by atoms with Gasteiger partial charge in [0.05, 0.1) is 11.9 Å². The van der Waals surface area contributed by atoms with Gasteiger partial charge in [0, 0.05) is 13.0 Å². The van der Waals surface area contributed by atoms with Crippen LogP contribution in [-0.2, 0) is 11.8 Å². The minimum atomic E-state index is -0.0252. The minimum absolute atomic E-state index is 0.00991. The molecule has 1 amide bonds. The number of rotatable bonds is 3. The van der Waals surface area contributed by atoms with Gasteiger partial charge >= 0.3 is 0 Å². The summed E-state index contributed by atoms with van der Waals surface area (Å²) < 4.78 is 1.55. The van der Waals surface area contributed by atoms with E-state index in [9.17, 15) is 4.79 Å². The molecule has 5 nitrogen and oxygen atoms in total. The predicted molar refractivity (Wildman–Crippen MR) is 55.7 cm³/mol. The lowest BCUT2D eigenvalue weighted by atomic mass is 10.1. The number of nitrogens with zero attached hydrogens (tertiary/aromatic N) is 2. The Kier molecular flexibility index (Phi) is 3.11. The van der Waals surface area contributed by atoms with E-state index in [4.69, 9.17) is 5.73 Å². The van der Waals surface area contributed by atoms with E-state index in [0.29, 0.717) is 11.5 Å². The lowest BCUT2D eigenvalue weighted by Gasteiger charge is -2.10. The Morgan fingerprint density at radius 1 is 1.79 bits per heavy atom. The average molecular weight is 196 g/mol. The first-order chi connectivity index (χ1) is 6.56. The van der Waals surface area contributed by atoms with Crippen molar-refractivity contribution in [2.75, 3.05) is 11.1 Å². The first-order valence-corrected chi connectivity index (χ1v) is 4.64. The fraction of sp³-hybridized carbons (Fsp3) is 0.556. The molecule has 0 saturated carbocycles. The van der Waals surface area contributed by atoms with Gasteiger partial charge in [0.2, 0.25) is 5.91 Å². The van der Waals surface area contributed by atoms with E-state index in [1.807, 2.05) is 13.8 Å². The molecule has 1 atom stereocenters. The summed E-state index contributed by atoms with van der Waals surface area (Å²) in [4.78, 5) is 11.5. The van der Waals surface area contributed by atoms with E-state index in [-0.39, 0.29) is 11.8 Å². The van der Waals surface area contributed by atoms with Gasteiger partial charge in [-0.05, 0) is 6.42 Å². The van der Waals surface area contributed by atoms with Crippen molar-refractivity contribution in [3.63, 3.8) is 0 Å². The minimum Gasteiger partial charge on any atom is -0.394 e. The summed E-state index contributed by atoms with van der Waals surface area (Å²) in [5.74, 6) is 0.530. The number of anilines is 2. The van der Waals surface area contributed by atoms with E-state index in [1.54, 1.807) is 11.7 Å². The third-order valence-electron chi connectivity index (χ3n) is 2.27. The molecule has 0 aliphatic rings. The topological polar surface area (TPSA) is 72.9 Å². The van der Waals surface area contributed by atoms with Gasteiger partial charge < -0.3 is 11.1 Å². The molecule has 1 unspecified atom stereocenters. The van der Waals surface area contributed by atoms with Crippen molar-refractivity contribution in [3.05, 3.63) is 6.20 Å². The number of hydrogen-bond donors (Lipinski definition) is 2. The maximum atomic E-state index is 11.5. The van der Waals surface area contributed by atoms with Crippen LogP contribution in [0, 0.1) is 5.92 Å². The number of nitrogens with one attached hydrogen (secondary N) is 1. The second-order valence-corrected chi connectivity index (χ2v) is 3.37. The van der Waals surface area contributed by atoms with E-state index < -0.39 is 0 Å². The highest BCUT2D eigenvalue weighted by atomic mass is 16.2. The van der Waals surface area contributed by atoms with Crippen molar-refractivity contribution in [2.24, 2.45) is 13.0 Å². The molecule has 1 heterocycles. The Morgan fingerprint density at radius 2 is 2.43 bits per heavy atom. The van der Waals surface area contributed by atoms with Crippen molar-refractivity contribution in [3.8, 4) is 0 Å². The average Bonchev–Trinajstić information content (AvgIpc) is 2.48. The molecule has 5 heteroatoms. The van der Waals surface area contributed by atoms with Crippen LogP contribution in [0.1, 0.15) is 20.3 Å². The van der Waals surface area contributed by atoms with Crippen molar-refractivity contribution in [1.29, 1.82) is 0 Å². The summed E-state index contributed by atoms with van der Waals surface area (Å²) in [6.45, 7) is 3.85. The molecule has 0 spiro atoms. The molecule has 3 N–H and O–H groups in total. The van der Waals surface area contributed by atoms with E-state index >= 15 is 0 Å². The van der Waals surface area contributed by atoms with Crippen LogP contribution >= 0.6 is 0 Å². The second-order valence-electron chi connectivity index (χ2n) is 3.37. The Bertz CT molecular complexity index is 312. The number of carbonyl (C=O) groups excluding carboxylic acids is 1. The number of hydrogen-bond acceptors (Lipinski definition) is 3. The molecule has 1 aromatic heterocycles. The standard InChI is InChI=1S/C9H16N4O/c1-4-6(2)9(14)12-8-7(10)5-11-13(8)3/h5-6H,4,10H2,1-3H3,(H,12,14). The fourth-order valence-electron chi connectivity index (χ4n) is 1.03.